The SMILES string of the molecule is N#Cc1ccc(CN2CCN(C(=O)C3CC(=O)N(Cc4cccc(C(F)(F)F)c4)C3)CC2)cc1. The van der Waals surface area contributed by atoms with Crippen molar-refractivity contribution in [3.05, 3.63) is 70.8 Å². The van der Waals surface area contributed by atoms with Crippen LogP contribution in [-0.2, 0) is 28.9 Å². The number of rotatable bonds is 5. The molecule has 0 spiro atoms. The van der Waals surface area contributed by atoms with Crippen LogP contribution in [0.2, 0.25) is 0 Å². The van der Waals surface area contributed by atoms with E-state index in [4.69, 9.17) is 5.26 Å². The zero-order valence-corrected chi connectivity index (χ0v) is 18.6. The normalized spacial score (nSPS) is 19.4. The molecule has 2 amide bonds. The average Bonchev–Trinajstić information content (AvgIpc) is 3.19. The van der Waals surface area contributed by atoms with E-state index in [1.165, 1.54) is 11.0 Å². The topological polar surface area (TPSA) is 67.6 Å². The molecule has 0 bridgehead atoms. The predicted molar refractivity (Wildman–Crippen MR) is 118 cm³/mol. The van der Waals surface area contributed by atoms with Gasteiger partial charge >= 0.3 is 6.18 Å². The summed E-state index contributed by atoms with van der Waals surface area (Å²) in [6, 6.07) is 14.5. The highest BCUT2D eigenvalue weighted by atomic mass is 19.4. The molecule has 0 saturated carbocycles. The molecular weight excluding hydrogens is 445 g/mol. The monoisotopic (exact) mass is 470 g/mol. The van der Waals surface area contributed by atoms with Crippen LogP contribution in [0.15, 0.2) is 48.5 Å². The number of nitrogens with zero attached hydrogens (tertiary/aromatic N) is 4. The lowest BCUT2D eigenvalue weighted by Gasteiger charge is -2.36. The molecule has 1 unspecified atom stereocenters. The molecule has 6 nitrogen and oxygen atoms in total. The standard InChI is InChI=1S/C25H25F3N4O2/c26-25(27,28)22-3-1-2-20(12-22)16-32-17-21(13-23(32)33)24(34)31-10-8-30(9-11-31)15-19-6-4-18(14-29)5-7-19/h1-7,12,21H,8-11,13,15-17H2. The van der Waals surface area contributed by atoms with Crippen molar-refractivity contribution in [2.24, 2.45) is 5.92 Å². The first-order valence-corrected chi connectivity index (χ1v) is 11.2. The Labute approximate surface area is 196 Å². The minimum Gasteiger partial charge on any atom is -0.340 e. The van der Waals surface area contributed by atoms with Crippen molar-refractivity contribution in [1.29, 1.82) is 5.26 Å². The Kier molecular flexibility index (Phi) is 6.89. The number of hydrogen-bond acceptors (Lipinski definition) is 4. The van der Waals surface area contributed by atoms with Gasteiger partial charge in [0.05, 0.1) is 23.1 Å². The van der Waals surface area contributed by atoms with Crippen molar-refractivity contribution >= 4 is 11.8 Å². The van der Waals surface area contributed by atoms with E-state index in [9.17, 15) is 22.8 Å². The molecule has 2 aliphatic rings. The summed E-state index contributed by atoms with van der Waals surface area (Å²) in [7, 11) is 0. The van der Waals surface area contributed by atoms with E-state index in [0.717, 1.165) is 24.2 Å². The lowest BCUT2D eigenvalue weighted by molar-refractivity contribution is -0.138. The van der Waals surface area contributed by atoms with Gasteiger partial charge in [-0.05, 0) is 35.4 Å². The van der Waals surface area contributed by atoms with Crippen LogP contribution < -0.4 is 0 Å². The van der Waals surface area contributed by atoms with Gasteiger partial charge in [0.1, 0.15) is 0 Å². The molecule has 0 radical (unpaired) electrons. The zero-order chi connectivity index (χ0) is 24.3. The lowest BCUT2D eigenvalue weighted by Crippen LogP contribution is -2.50. The molecule has 4 rings (SSSR count). The maximum absolute atomic E-state index is 13.0. The maximum atomic E-state index is 13.0. The van der Waals surface area contributed by atoms with E-state index < -0.39 is 17.7 Å². The molecule has 2 aromatic carbocycles. The summed E-state index contributed by atoms with van der Waals surface area (Å²) in [5.41, 5.74) is 1.37. The number of carbonyl (C=O) groups is 2. The fourth-order valence-corrected chi connectivity index (χ4v) is 4.48. The minimum absolute atomic E-state index is 0.0604. The fourth-order valence-electron chi connectivity index (χ4n) is 4.48. The Morgan fingerprint density at radius 3 is 2.35 bits per heavy atom. The molecule has 2 aliphatic heterocycles. The van der Waals surface area contributed by atoms with Gasteiger partial charge in [-0.1, -0.05) is 24.3 Å². The molecule has 2 fully saturated rings. The number of carbonyl (C=O) groups excluding carboxylic acids is 2. The van der Waals surface area contributed by atoms with Crippen molar-refractivity contribution in [3.63, 3.8) is 0 Å². The van der Waals surface area contributed by atoms with Crippen LogP contribution in [0.25, 0.3) is 0 Å². The van der Waals surface area contributed by atoms with Crippen molar-refractivity contribution < 1.29 is 22.8 Å². The maximum Gasteiger partial charge on any atom is 0.416 e. The van der Waals surface area contributed by atoms with Crippen LogP contribution in [0.3, 0.4) is 0 Å². The van der Waals surface area contributed by atoms with Gasteiger partial charge in [0.2, 0.25) is 11.8 Å². The Morgan fingerprint density at radius 2 is 1.71 bits per heavy atom. The van der Waals surface area contributed by atoms with Gasteiger partial charge in [0, 0.05) is 52.2 Å². The molecule has 178 valence electrons. The van der Waals surface area contributed by atoms with Crippen molar-refractivity contribution in [1.82, 2.24) is 14.7 Å². The largest absolute Gasteiger partial charge is 0.416 e. The summed E-state index contributed by atoms with van der Waals surface area (Å²) >= 11 is 0. The number of piperazine rings is 1. The third-order valence-corrected chi connectivity index (χ3v) is 6.36. The van der Waals surface area contributed by atoms with Crippen molar-refractivity contribution in [2.75, 3.05) is 32.7 Å². The first-order valence-electron chi connectivity index (χ1n) is 11.2. The van der Waals surface area contributed by atoms with Gasteiger partial charge in [-0.15, -0.1) is 0 Å². The molecule has 2 saturated heterocycles. The minimum atomic E-state index is -4.44. The van der Waals surface area contributed by atoms with Crippen molar-refractivity contribution in [3.8, 4) is 6.07 Å². The second kappa shape index (κ2) is 9.85. The molecular formula is C25H25F3N4O2. The number of likely N-dealkylation sites (tertiary alicyclic amines) is 1. The van der Waals surface area contributed by atoms with Gasteiger partial charge in [-0.2, -0.15) is 18.4 Å². The Bertz CT molecular complexity index is 1090. The van der Waals surface area contributed by atoms with Gasteiger partial charge in [-0.25, -0.2) is 0 Å². The summed E-state index contributed by atoms with van der Waals surface area (Å²) in [6.45, 7) is 3.56. The van der Waals surface area contributed by atoms with Crippen LogP contribution in [0, 0.1) is 17.2 Å². The summed E-state index contributed by atoms with van der Waals surface area (Å²) in [5.74, 6) is -0.753. The van der Waals surface area contributed by atoms with E-state index in [2.05, 4.69) is 11.0 Å². The van der Waals surface area contributed by atoms with E-state index >= 15 is 0 Å². The number of alkyl halides is 3. The van der Waals surface area contributed by atoms with Gasteiger partial charge < -0.3 is 9.80 Å². The molecule has 2 heterocycles. The number of halogens is 3. The van der Waals surface area contributed by atoms with Gasteiger partial charge in [0.15, 0.2) is 0 Å². The second-order valence-corrected chi connectivity index (χ2v) is 8.78. The van der Waals surface area contributed by atoms with Crippen LogP contribution in [-0.4, -0.2) is 59.2 Å². The fraction of sp³-hybridized carbons (Fsp3) is 0.400. The Morgan fingerprint density at radius 1 is 1.00 bits per heavy atom. The van der Waals surface area contributed by atoms with Gasteiger partial charge in [-0.3, -0.25) is 14.5 Å². The van der Waals surface area contributed by atoms with Gasteiger partial charge in [0.25, 0.3) is 0 Å². The van der Waals surface area contributed by atoms with Crippen LogP contribution in [0.4, 0.5) is 13.2 Å². The number of benzene rings is 2. The molecule has 2 aromatic rings. The molecule has 9 heteroatoms. The summed E-state index contributed by atoms with van der Waals surface area (Å²) in [5, 5.41) is 8.90. The highest BCUT2D eigenvalue weighted by molar-refractivity contribution is 5.89. The molecule has 0 aliphatic carbocycles. The van der Waals surface area contributed by atoms with Crippen LogP contribution in [0.1, 0.15) is 28.7 Å². The highest BCUT2D eigenvalue weighted by Crippen LogP contribution is 2.30. The number of amides is 2. The molecule has 0 N–H and O–H groups in total. The van der Waals surface area contributed by atoms with Crippen molar-refractivity contribution in [2.45, 2.75) is 25.7 Å². The first-order chi connectivity index (χ1) is 16.2. The van der Waals surface area contributed by atoms with E-state index in [1.807, 2.05) is 12.1 Å². The van der Waals surface area contributed by atoms with Crippen LogP contribution >= 0.6 is 0 Å². The summed E-state index contributed by atoms with van der Waals surface area (Å²) in [4.78, 5) is 31.0. The highest BCUT2D eigenvalue weighted by Gasteiger charge is 2.37. The Hall–Kier alpha value is -3.38. The Balaban J connectivity index is 1.29. The first kappa shape index (κ1) is 23.8. The predicted octanol–water partition coefficient (Wildman–Crippen LogP) is 3.27. The molecule has 34 heavy (non-hydrogen) atoms. The number of hydrogen-bond donors (Lipinski definition) is 0. The average molecular weight is 470 g/mol. The van der Waals surface area contributed by atoms with E-state index in [0.29, 0.717) is 37.3 Å². The summed E-state index contributed by atoms with van der Waals surface area (Å²) < 4.78 is 38.9. The van der Waals surface area contributed by atoms with E-state index in [1.54, 1.807) is 23.1 Å². The molecule has 0 aromatic heterocycles. The quantitative estimate of drug-likeness (QED) is 0.673. The zero-order valence-electron chi connectivity index (χ0n) is 18.6. The third-order valence-electron chi connectivity index (χ3n) is 6.36. The van der Waals surface area contributed by atoms with E-state index in [-0.39, 0.29) is 31.3 Å². The third kappa shape index (κ3) is 5.57. The number of nitriles is 1. The smallest absolute Gasteiger partial charge is 0.340 e. The lowest BCUT2D eigenvalue weighted by atomic mass is 10.1. The van der Waals surface area contributed by atoms with Crippen LogP contribution in [0.5, 0.6) is 0 Å². The second-order valence-electron chi connectivity index (χ2n) is 8.78. The molecule has 1 atom stereocenters. The summed E-state index contributed by atoms with van der Waals surface area (Å²) in [6.07, 6.45) is -4.35.